The van der Waals surface area contributed by atoms with E-state index in [1.165, 1.54) is 24.6 Å². The smallest absolute Gasteiger partial charge is 0.233 e. The van der Waals surface area contributed by atoms with E-state index in [-0.39, 0.29) is 11.2 Å². The Kier molecular flexibility index (Phi) is 6.21. The number of carbonyl (C=O) groups is 1. The molecule has 0 aliphatic carbocycles. The number of benzene rings is 1. The minimum atomic E-state index is -0.166. The van der Waals surface area contributed by atoms with Gasteiger partial charge in [-0.15, -0.1) is 11.8 Å². The molecule has 0 saturated carbocycles. The second-order valence-corrected chi connectivity index (χ2v) is 8.00. The fraction of sp³-hybridized carbons (Fsp3) is 0.368. The van der Waals surface area contributed by atoms with Crippen molar-refractivity contribution in [3.05, 3.63) is 53.2 Å². The molecule has 1 aromatic heterocycles. The molecule has 0 spiro atoms. The highest BCUT2D eigenvalue weighted by molar-refractivity contribution is 8.00. The van der Waals surface area contributed by atoms with Gasteiger partial charge in [-0.2, -0.15) is 0 Å². The van der Waals surface area contributed by atoms with Crippen LogP contribution in [0.5, 0.6) is 0 Å². The molecule has 3 rings (SSSR count). The molecule has 25 heavy (non-hydrogen) atoms. The Hall–Kier alpha value is -1.72. The summed E-state index contributed by atoms with van der Waals surface area (Å²) in [5, 5.41) is 3.55. The van der Waals surface area contributed by atoms with Crippen LogP contribution < -0.4 is 10.2 Å². The number of aromatic nitrogens is 1. The van der Waals surface area contributed by atoms with Gasteiger partial charge in [-0.05, 0) is 61.7 Å². The molecular weight excluding hydrogens is 354 g/mol. The van der Waals surface area contributed by atoms with E-state index < -0.39 is 0 Å². The van der Waals surface area contributed by atoms with E-state index in [2.05, 4.69) is 21.3 Å². The van der Waals surface area contributed by atoms with Crippen molar-refractivity contribution in [1.82, 2.24) is 10.3 Å². The van der Waals surface area contributed by atoms with Gasteiger partial charge in [0.2, 0.25) is 5.91 Å². The Morgan fingerprint density at radius 2 is 2.00 bits per heavy atom. The SMILES string of the molecule is CC(Sc1ccc(Cl)cc1)C(=O)NCc1ccnc(N2CCCC2)c1. The first kappa shape index (κ1) is 18.1. The number of rotatable bonds is 6. The summed E-state index contributed by atoms with van der Waals surface area (Å²) in [5.74, 6) is 1.03. The molecule has 0 bridgehead atoms. The first-order valence-electron chi connectivity index (χ1n) is 8.51. The zero-order valence-corrected chi connectivity index (χ0v) is 15.8. The summed E-state index contributed by atoms with van der Waals surface area (Å²) >= 11 is 7.42. The number of hydrogen-bond donors (Lipinski definition) is 1. The second-order valence-electron chi connectivity index (χ2n) is 6.15. The number of pyridine rings is 1. The van der Waals surface area contributed by atoms with Gasteiger partial charge >= 0.3 is 0 Å². The predicted molar refractivity (Wildman–Crippen MR) is 104 cm³/mol. The maximum absolute atomic E-state index is 12.3. The van der Waals surface area contributed by atoms with Crippen LogP contribution in [-0.4, -0.2) is 29.2 Å². The van der Waals surface area contributed by atoms with Crippen molar-refractivity contribution in [3.63, 3.8) is 0 Å². The molecule has 1 atom stereocenters. The van der Waals surface area contributed by atoms with E-state index in [9.17, 15) is 4.79 Å². The minimum absolute atomic E-state index is 0.0273. The van der Waals surface area contributed by atoms with Gasteiger partial charge < -0.3 is 10.2 Å². The van der Waals surface area contributed by atoms with E-state index in [0.29, 0.717) is 11.6 Å². The molecule has 6 heteroatoms. The van der Waals surface area contributed by atoms with Crippen molar-refractivity contribution < 1.29 is 4.79 Å². The zero-order valence-electron chi connectivity index (χ0n) is 14.2. The third-order valence-corrected chi connectivity index (χ3v) is 5.57. The Morgan fingerprint density at radius 1 is 1.28 bits per heavy atom. The fourth-order valence-corrected chi connectivity index (χ4v) is 3.81. The summed E-state index contributed by atoms with van der Waals surface area (Å²) in [7, 11) is 0. The average molecular weight is 376 g/mol. The van der Waals surface area contributed by atoms with Crippen molar-refractivity contribution in [2.75, 3.05) is 18.0 Å². The first-order chi connectivity index (χ1) is 12.1. The molecule has 0 radical (unpaired) electrons. The highest BCUT2D eigenvalue weighted by Crippen LogP contribution is 2.25. The minimum Gasteiger partial charge on any atom is -0.357 e. The van der Waals surface area contributed by atoms with Crippen molar-refractivity contribution in [1.29, 1.82) is 0 Å². The molecule has 1 aromatic carbocycles. The number of halogens is 1. The fourth-order valence-electron chi connectivity index (χ4n) is 2.79. The maximum Gasteiger partial charge on any atom is 0.233 e. The van der Waals surface area contributed by atoms with Gasteiger partial charge in [-0.3, -0.25) is 4.79 Å². The topological polar surface area (TPSA) is 45.2 Å². The number of carbonyl (C=O) groups excluding carboxylic acids is 1. The summed E-state index contributed by atoms with van der Waals surface area (Å²) < 4.78 is 0. The lowest BCUT2D eigenvalue weighted by atomic mass is 10.2. The number of thioether (sulfide) groups is 1. The lowest BCUT2D eigenvalue weighted by Gasteiger charge is -2.17. The van der Waals surface area contributed by atoms with Crippen LogP contribution in [-0.2, 0) is 11.3 Å². The van der Waals surface area contributed by atoms with E-state index in [1.54, 1.807) is 0 Å². The average Bonchev–Trinajstić information content (AvgIpc) is 3.16. The molecule has 4 nitrogen and oxygen atoms in total. The molecule has 1 aliphatic heterocycles. The Morgan fingerprint density at radius 3 is 2.72 bits per heavy atom. The maximum atomic E-state index is 12.3. The molecule has 2 heterocycles. The molecule has 1 unspecified atom stereocenters. The zero-order chi connectivity index (χ0) is 17.6. The van der Waals surface area contributed by atoms with E-state index in [4.69, 9.17) is 11.6 Å². The van der Waals surface area contributed by atoms with Crippen molar-refractivity contribution in [2.24, 2.45) is 0 Å². The first-order valence-corrected chi connectivity index (χ1v) is 9.77. The van der Waals surface area contributed by atoms with Crippen molar-refractivity contribution >= 4 is 35.1 Å². The number of amides is 1. The van der Waals surface area contributed by atoms with Crippen LogP contribution in [0.25, 0.3) is 0 Å². The molecule has 1 fully saturated rings. The van der Waals surface area contributed by atoms with Gasteiger partial charge in [0.25, 0.3) is 0 Å². The van der Waals surface area contributed by atoms with Crippen LogP contribution in [0.4, 0.5) is 5.82 Å². The van der Waals surface area contributed by atoms with Crippen LogP contribution in [0, 0.1) is 0 Å². The Labute approximate surface area is 158 Å². The van der Waals surface area contributed by atoms with Crippen LogP contribution in [0.1, 0.15) is 25.3 Å². The van der Waals surface area contributed by atoms with Gasteiger partial charge in [-0.25, -0.2) is 4.98 Å². The summed E-state index contributed by atoms with van der Waals surface area (Å²) in [5.41, 5.74) is 1.08. The molecule has 1 aliphatic rings. The largest absolute Gasteiger partial charge is 0.357 e. The quantitative estimate of drug-likeness (QED) is 0.771. The van der Waals surface area contributed by atoms with Crippen LogP contribution >= 0.6 is 23.4 Å². The van der Waals surface area contributed by atoms with E-state index in [1.807, 2.05) is 43.5 Å². The normalized spacial score (nSPS) is 15.2. The Bertz CT molecular complexity index is 717. The highest BCUT2D eigenvalue weighted by Gasteiger charge is 2.16. The third-order valence-electron chi connectivity index (χ3n) is 4.20. The molecule has 1 N–H and O–H groups in total. The van der Waals surface area contributed by atoms with Gasteiger partial charge in [0.05, 0.1) is 5.25 Å². The molecule has 2 aromatic rings. The van der Waals surface area contributed by atoms with Crippen molar-refractivity contribution in [3.8, 4) is 0 Å². The monoisotopic (exact) mass is 375 g/mol. The summed E-state index contributed by atoms with van der Waals surface area (Å²) in [6, 6.07) is 11.6. The molecule has 1 saturated heterocycles. The third kappa shape index (κ3) is 5.13. The van der Waals surface area contributed by atoms with Crippen LogP contribution in [0.3, 0.4) is 0 Å². The van der Waals surface area contributed by atoms with Crippen molar-refractivity contribution in [2.45, 2.75) is 36.5 Å². The molecule has 1 amide bonds. The van der Waals surface area contributed by atoms with Gasteiger partial charge in [-0.1, -0.05) is 11.6 Å². The van der Waals surface area contributed by atoms with Crippen LogP contribution in [0.2, 0.25) is 5.02 Å². The van der Waals surface area contributed by atoms with E-state index >= 15 is 0 Å². The summed E-state index contributed by atoms with van der Waals surface area (Å²) in [6.07, 6.45) is 4.27. The highest BCUT2D eigenvalue weighted by atomic mass is 35.5. The number of hydrogen-bond acceptors (Lipinski definition) is 4. The number of nitrogens with zero attached hydrogens (tertiary/aromatic N) is 2. The lowest BCUT2D eigenvalue weighted by Crippen LogP contribution is -2.30. The van der Waals surface area contributed by atoms with Gasteiger partial charge in [0, 0.05) is 35.7 Å². The second kappa shape index (κ2) is 8.59. The number of nitrogens with one attached hydrogen (secondary N) is 1. The molecule has 132 valence electrons. The van der Waals surface area contributed by atoms with Gasteiger partial charge in [0.1, 0.15) is 5.82 Å². The standard InChI is InChI=1S/C19H22ClN3OS/c1-14(25-17-6-4-16(20)5-7-17)19(24)22-13-15-8-9-21-18(12-15)23-10-2-3-11-23/h4-9,12,14H,2-3,10-11,13H2,1H3,(H,22,24). The molecular formula is C19H22ClN3OS. The summed E-state index contributed by atoms with van der Waals surface area (Å²) in [6.45, 7) is 4.57. The Balaban J connectivity index is 1.52. The van der Waals surface area contributed by atoms with E-state index in [0.717, 1.165) is 29.4 Å². The predicted octanol–water partition coefficient (Wildman–Crippen LogP) is 4.13. The number of anilines is 1. The van der Waals surface area contributed by atoms with Gasteiger partial charge in [0.15, 0.2) is 0 Å². The van der Waals surface area contributed by atoms with Crippen LogP contribution in [0.15, 0.2) is 47.5 Å². The summed E-state index contributed by atoms with van der Waals surface area (Å²) in [4.78, 5) is 20.1. The lowest BCUT2D eigenvalue weighted by molar-refractivity contribution is -0.120.